The molecule has 6 rings (SSSR count). The van der Waals surface area contributed by atoms with Gasteiger partial charge >= 0.3 is 0 Å². The van der Waals surface area contributed by atoms with Crippen molar-refractivity contribution in [3.8, 4) is 22.6 Å². The van der Waals surface area contributed by atoms with E-state index in [9.17, 15) is 0 Å². The molecule has 0 aliphatic carbocycles. The van der Waals surface area contributed by atoms with E-state index in [4.69, 9.17) is 14.5 Å². The lowest BCUT2D eigenvalue weighted by Crippen LogP contribution is -2.04. The molecule has 0 amide bonds. The first-order valence-corrected chi connectivity index (χ1v) is 11.6. The zero-order chi connectivity index (χ0) is 23.6. The Labute approximate surface area is 201 Å². The normalized spacial score (nSPS) is 11.7. The number of fused-ring (bicyclic) bond motifs is 3. The molecule has 4 heterocycles. The fraction of sp³-hybridized carbons (Fsp3) is 0.185. The van der Waals surface area contributed by atoms with E-state index in [1.54, 1.807) is 0 Å². The monoisotopic (exact) mass is 464 g/mol. The van der Waals surface area contributed by atoms with Crippen LogP contribution < -0.4 is 0 Å². The topological polar surface area (TPSA) is 102 Å². The summed E-state index contributed by atoms with van der Waals surface area (Å²) in [4.78, 5) is 17.4. The average molecular weight is 465 g/mol. The van der Waals surface area contributed by atoms with Gasteiger partial charge in [-0.25, -0.2) is 9.97 Å². The van der Waals surface area contributed by atoms with Gasteiger partial charge in [0.1, 0.15) is 5.69 Å². The molecule has 0 radical (unpaired) electrons. The number of pyridine rings is 2. The molecule has 0 fully saturated rings. The predicted molar refractivity (Wildman–Crippen MR) is 136 cm³/mol. The van der Waals surface area contributed by atoms with E-state index in [0.29, 0.717) is 37.9 Å². The van der Waals surface area contributed by atoms with Crippen molar-refractivity contribution in [2.24, 2.45) is 0 Å². The van der Waals surface area contributed by atoms with E-state index in [-0.39, 0.29) is 0 Å². The van der Waals surface area contributed by atoms with Crippen LogP contribution in [0.25, 0.3) is 55.5 Å². The first kappa shape index (κ1) is 21.4. The third-order valence-corrected chi connectivity index (χ3v) is 6.05. The lowest BCUT2D eigenvalue weighted by molar-refractivity contribution is 0.0456. The number of imidazole rings is 1. The molecule has 8 heteroatoms. The first-order valence-electron chi connectivity index (χ1n) is 11.6. The molecule has 2 N–H and O–H groups in total. The smallest absolute Gasteiger partial charge is 0.159 e. The fourth-order valence-electron chi connectivity index (χ4n) is 4.34. The van der Waals surface area contributed by atoms with Gasteiger partial charge in [0, 0.05) is 47.3 Å². The Hall–Kier alpha value is -4.14. The van der Waals surface area contributed by atoms with Crippen molar-refractivity contribution in [1.82, 2.24) is 30.1 Å². The number of nitrogens with zero attached hydrogens (tertiary/aromatic N) is 4. The molecule has 0 bridgehead atoms. The van der Waals surface area contributed by atoms with Crippen LogP contribution in [0.1, 0.15) is 12.5 Å². The van der Waals surface area contributed by atoms with Crippen LogP contribution in [0, 0.1) is 0 Å². The highest BCUT2D eigenvalue weighted by molar-refractivity contribution is 5.99. The van der Waals surface area contributed by atoms with Crippen molar-refractivity contribution < 1.29 is 9.47 Å². The summed E-state index contributed by atoms with van der Waals surface area (Å²) in [6, 6.07) is 16.4. The summed E-state index contributed by atoms with van der Waals surface area (Å²) in [6.07, 6.45) is 5.61. The Kier molecular flexibility index (Phi) is 5.65. The summed E-state index contributed by atoms with van der Waals surface area (Å²) < 4.78 is 11.1. The molecule has 174 valence electrons. The molecule has 0 aliphatic heterocycles. The third-order valence-electron chi connectivity index (χ3n) is 6.05. The van der Waals surface area contributed by atoms with Gasteiger partial charge in [-0.05, 0) is 24.4 Å². The van der Waals surface area contributed by atoms with Crippen LogP contribution in [-0.2, 0) is 16.1 Å². The van der Waals surface area contributed by atoms with E-state index in [0.717, 1.165) is 49.6 Å². The number of para-hydroxylation sites is 1. The summed E-state index contributed by atoms with van der Waals surface area (Å²) in [5.41, 5.74) is 6.26. The van der Waals surface area contributed by atoms with Gasteiger partial charge in [0.25, 0.3) is 0 Å². The predicted octanol–water partition coefficient (Wildman–Crippen LogP) is 5.27. The first-order chi connectivity index (χ1) is 17.3. The molecule has 0 unspecified atom stereocenters. The molecule has 0 aliphatic rings. The quantitative estimate of drug-likeness (QED) is 0.298. The number of benzene rings is 2. The minimum Gasteiger partial charge on any atom is -0.379 e. The number of rotatable bonds is 8. The molecule has 0 saturated carbocycles. The zero-order valence-corrected chi connectivity index (χ0v) is 19.3. The van der Waals surface area contributed by atoms with Crippen molar-refractivity contribution in [3.05, 3.63) is 72.7 Å². The maximum absolute atomic E-state index is 5.78. The number of hydrogen-bond donors (Lipinski definition) is 2. The Balaban J connectivity index is 1.38. The number of nitrogens with one attached hydrogen (secondary N) is 2. The van der Waals surface area contributed by atoms with E-state index >= 15 is 0 Å². The SMILES string of the molecule is CCOCCOCc1cccc2[nH]c(-c3n[nH]c4ncc(-c5cncc6ccccc56)cc34)nc12. The van der Waals surface area contributed by atoms with Crippen LogP contribution in [0.5, 0.6) is 0 Å². The van der Waals surface area contributed by atoms with Crippen LogP contribution in [0.4, 0.5) is 0 Å². The summed E-state index contributed by atoms with van der Waals surface area (Å²) in [7, 11) is 0. The van der Waals surface area contributed by atoms with Crippen LogP contribution in [0.3, 0.4) is 0 Å². The third kappa shape index (κ3) is 4.03. The zero-order valence-electron chi connectivity index (χ0n) is 19.3. The Bertz CT molecular complexity index is 1630. The van der Waals surface area contributed by atoms with Crippen molar-refractivity contribution in [2.75, 3.05) is 19.8 Å². The van der Waals surface area contributed by atoms with Crippen molar-refractivity contribution in [3.63, 3.8) is 0 Å². The molecular formula is C27H24N6O2. The highest BCUT2D eigenvalue weighted by Crippen LogP contribution is 2.32. The lowest BCUT2D eigenvalue weighted by atomic mass is 10.0. The van der Waals surface area contributed by atoms with E-state index in [1.165, 1.54) is 0 Å². The van der Waals surface area contributed by atoms with Crippen LogP contribution in [-0.4, -0.2) is 50.0 Å². The highest BCUT2D eigenvalue weighted by Gasteiger charge is 2.16. The van der Waals surface area contributed by atoms with Gasteiger partial charge in [-0.15, -0.1) is 0 Å². The molecule has 8 nitrogen and oxygen atoms in total. The molecule has 4 aromatic heterocycles. The van der Waals surface area contributed by atoms with E-state index < -0.39 is 0 Å². The molecule has 0 spiro atoms. The molecular weight excluding hydrogens is 440 g/mol. The van der Waals surface area contributed by atoms with E-state index in [1.807, 2.05) is 55.8 Å². The molecule has 35 heavy (non-hydrogen) atoms. The number of aromatic nitrogens is 6. The second-order valence-corrected chi connectivity index (χ2v) is 8.25. The maximum atomic E-state index is 5.78. The van der Waals surface area contributed by atoms with Gasteiger partial charge in [-0.1, -0.05) is 36.4 Å². The minimum absolute atomic E-state index is 0.468. The fourth-order valence-corrected chi connectivity index (χ4v) is 4.34. The summed E-state index contributed by atoms with van der Waals surface area (Å²) in [5.74, 6) is 0.683. The molecule has 0 atom stereocenters. The second kappa shape index (κ2) is 9.25. The Morgan fingerprint density at radius 3 is 2.77 bits per heavy atom. The average Bonchev–Trinajstić information content (AvgIpc) is 3.52. The number of hydrogen-bond acceptors (Lipinski definition) is 6. The van der Waals surface area contributed by atoms with Crippen LogP contribution in [0.15, 0.2) is 67.1 Å². The number of ether oxygens (including phenoxy) is 2. The van der Waals surface area contributed by atoms with Crippen LogP contribution >= 0.6 is 0 Å². The lowest BCUT2D eigenvalue weighted by Gasteiger charge is -2.06. The maximum Gasteiger partial charge on any atom is 0.159 e. The summed E-state index contributed by atoms with van der Waals surface area (Å²) in [6.45, 7) is 4.26. The highest BCUT2D eigenvalue weighted by atomic mass is 16.5. The second-order valence-electron chi connectivity index (χ2n) is 8.25. The summed E-state index contributed by atoms with van der Waals surface area (Å²) in [5, 5.41) is 10.7. The van der Waals surface area contributed by atoms with Gasteiger partial charge < -0.3 is 14.5 Å². The number of aromatic amines is 2. The van der Waals surface area contributed by atoms with Crippen LogP contribution in [0.2, 0.25) is 0 Å². The van der Waals surface area contributed by atoms with Crippen molar-refractivity contribution >= 4 is 32.8 Å². The largest absolute Gasteiger partial charge is 0.379 e. The molecule has 0 saturated heterocycles. The Morgan fingerprint density at radius 2 is 1.83 bits per heavy atom. The molecule has 2 aromatic carbocycles. The number of H-pyrrole nitrogens is 2. The molecule has 6 aromatic rings. The van der Waals surface area contributed by atoms with Crippen molar-refractivity contribution in [2.45, 2.75) is 13.5 Å². The van der Waals surface area contributed by atoms with Gasteiger partial charge in [0.05, 0.1) is 36.2 Å². The Morgan fingerprint density at radius 1 is 0.914 bits per heavy atom. The van der Waals surface area contributed by atoms with Gasteiger partial charge in [0.15, 0.2) is 11.5 Å². The standard InChI is InChI=1S/C27H24N6O2/c1-2-34-10-11-35-16-18-7-5-9-23-24(18)31-27(30-23)25-21-12-19(14-29-26(21)33-32-25)22-15-28-13-17-6-3-4-8-20(17)22/h3-9,12-15H,2,10-11,16H2,1H3,(H,30,31)(H,29,32,33). The minimum atomic E-state index is 0.468. The van der Waals surface area contributed by atoms with Crippen molar-refractivity contribution in [1.29, 1.82) is 0 Å². The van der Waals surface area contributed by atoms with Gasteiger partial charge in [-0.3, -0.25) is 10.1 Å². The van der Waals surface area contributed by atoms with Gasteiger partial charge in [0.2, 0.25) is 0 Å². The van der Waals surface area contributed by atoms with Gasteiger partial charge in [-0.2, -0.15) is 5.10 Å². The summed E-state index contributed by atoms with van der Waals surface area (Å²) >= 11 is 0. The van der Waals surface area contributed by atoms with E-state index in [2.05, 4.69) is 43.3 Å².